The fraction of sp³-hybridized carbons (Fsp3) is 0.444. The molecular formula is C27H39N7O4. The van der Waals surface area contributed by atoms with Crippen LogP contribution in [0.2, 0.25) is 0 Å². The summed E-state index contributed by atoms with van der Waals surface area (Å²) in [5.41, 5.74) is 21.1. The number of para-hydroxylation sites is 1. The lowest BCUT2D eigenvalue weighted by molar-refractivity contribution is -0.121. The largest absolute Gasteiger partial charge is 0.494 e. The standard InChI is InChI=1S/C26H36N6O3.CH3NO/c1-4-18-14-23(31-32(18)19-10-12-35-13-11-19)20-6-5-7-21(25(20)34-3)29-22(16(2)27)15-24(28)30-26(33)17-8-9-17;2-1-3/h5-7,14-15,17,19,29H,4,8-13,27-28H2,1-3H3,(H,30,33);1H,(H2,2,3)/b22-16+,24-15+;. The SMILES string of the molecule is CCc1cc(-c2cccc(NC(/C=C(\N)NC(=O)C3CC3)=C(\C)N)c2OC)nn1C1CCOCC1.NC=O. The fourth-order valence-electron chi connectivity index (χ4n) is 4.31. The average Bonchev–Trinajstić information content (AvgIpc) is 3.68. The number of hydrogen-bond acceptors (Lipinski definition) is 8. The van der Waals surface area contributed by atoms with E-state index in [2.05, 4.69) is 34.0 Å². The van der Waals surface area contributed by atoms with Gasteiger partial charge in [-0.2, -0.15) is 5.10 Å². The monoisotopic (exact) mass is 525 g/mol. The van der Waals surface area contributed by atoms with Crippen molar-refractivity contribution >= 4 is 18.0 Å². The molecule has 1 saturated carbocycles. The number of benzene rings is 1. The number of nitrogens with two attached hydrogens (primary N) is 3. The van der Waals surface area contributed by atoms with Gasteiger partial charge in [0.25, 0.3) is 0 Å². The van der Waals surface area contributed by atoms with Crippen LogP contribution >= 0.6 is 0 Å². The summed E-state index contributed by atoms with van der Waals surface area (Å²) in [6.07, 6.45) is 6.51. The number of rotatable bonds is 9. The zero-order valence-electron chi connectivity index (χ0n) is 22.3. The number of anilines is 1. The molecule has 2 fully saturated rings. The number of carbonyl (C=O) groups excluding carboxylic acids is 2. The Hall–Kier alpha value is -3.99. The molecule has 0 bridgehead atoms. The first-order chi connectivity index (χ1) is 18.3. The Kier molecular flexibility index (Phi) is 10.2. The molecule has 0 spiro atoms. The molecule has 0 atom stereocenters. The Bertz CT molecular complexity index is 1170. The molecular weight excluding hydrogens is 486 g/mol. The van der Waals surface area contributed by atoms with E-state index in [0.717, 1.165) is 62.3 Å². The third-order valence-electron chi connectivity index (χ3n) is 6.42. The van der Waals surface area contributed by atoms with Gasteiger partial charge in [0.2, 0.25) is 12.3 Å². The summed E-state index contributed by atoms with van der Waals surface area (Å²) in [7, 11) is 1.64. The van der Waals surface area contributed by atoms with Crippen LogP contribution in [0.4, 0.5) is 5.69 Å². The van der Waals surface area contributed by atoms with Gasteiger partial charge in [0.1, 0.15) is 5.82 Å². The third-order valence-corrected chi connectivity index (χ3v) is 6.42. The van der Waals surface area contributed by atoms with Crippen LogP contribution in [-0.2, 0) is 20.7 Å². The highest BCUT2D eigenvalue weighted by Crippen LogP contribution is 2.38. The molecule has 2 heterocycles. The lowest BCUT2D eigenvalue weighted by atomic mass is 10.1. The first kappa shape index (κ1) is 28.6. The van der Waals surface area contributed by atoms with Crippen molar-refractivity contribution in [3.63, 3.8) is 0 Å². The zero-order valence-corrected chi connectivity index (χ0v) is 22.3. The minimum absolute atomic E-state index is 0.0563. The first-order valence-corrected chi connectivity index (χ1v) is 12.8. The Labute approximate surface area is 223 Å². The van der Waals surface area contributed by atoms with E-state index in [1.54, 1.807) is 20.1 Å². The highest BCUT2D eigenvalue weighted by molar-refractivity contribution is 5.82. The summed E-state index contributed by atoms with van der Waals surface area (Å²) >= 11 is 0. The van der Waals surface area contributed by atoms with Gasteiger partial charge in [-0.3, -0.25) is 14.3 Å². The zero-order chi connectivity index (χ0) is 27.7. The van der Waals surface area contributed by atoms with Crippen molar-refractivity contribution in [1.82, 2.24) is 15.1 Å². The van der Waals surface area contributed by atoms with E-state index in [1.165, 1.54) is 5.69 Å². The van der Waals surface area contributed by atoms with E-state index >= 15 is 0 Å². The highest BCUT2D eigenvalue weighted by Gasteiger charge is 2.29. The number of aromatic nitrogens is 2. The molecule has 11 nitrogen and oxygen atoms in total. The fourth-order valence-corrected chi connectivity index (χ4v) is 4.31. The van der Waals surface area contributed by atoms with Crippen molar-refractivity contribution in [2.45, 2.75) is 52.0 Å². The van der Waals surface area contributed by atoms with Crippen molar-refractivity contribution in [1.29, 1.82) is 0 Å². The van der Waals surface area contributed by atoms with Crippen LogP contribution < -0.4 is 32.6 Å². The number of ether oxygens (including phenoxy) is 2. The first-order valence-electron chi connectivity index (χ1n) is 12.8. The van der Waals surface area contributed by atoms with Crippen LogP contribution in [0.25, 0.3) is 11.3 Å². The van der Waals surface area contributed by atoms with Crippen LogP contribution in [0.3, 0.4) is 0 Å². The van der Waals surface area contributed by atoms with E-state index in [9.17, 15) is 4.79 Å². The number of carbonyl (C=O) groups is 2. The van der Waals surface area contributed by atoms with Crippen molar-refractivity contribution in [2.24, 2.45) is 23.1 Å². The molecule has 2 amide bonds. The molecule has 1 aliphatic carbocycles. The van der Waals surface area contributed by atoms with E-state index in [4.69, 9.17) is 30.8 Å². The molecule has 4 rings (SSSR count). The van der Waals surface area contributed by atoms with E-state index in [0.29, 0.717) is 23.2 Å². The number of primary amides is 1. The Morgan fingerprint density at radius 1 is 1.24 bits per heavy atom. The average molecular weight is 526 g/mol. The lowest BCUT2D eigenvalue weighted by Crippen LogP contribution is -2.29. The summed E-state index contributed by atoms with van der Waals surface area (Å²) in [6, 6.07) is 8.33. The minimum atomic E-state index is -0.0563. The third kappa shape index (κ3) is 7.28. The Morgan fingerprint density at radius 2 is 1.92 bits per heavy atom. The van der Waals surface area contributed by atoms with Gasteiger partial charge >= 0.3 is 0 Å². The van der Waals surface area contributed by atoms with E-state index in [-0.39, 0.29) is 24.1 Å². The van der Waals surface area contributed by atoms with Gasteiger partial charge in [-0.1, -0.05) is 13.0 Å². The van der Waals surface area contributed by atoms with E-state index in [1.807, 2.05) is 18.2 Å². The molecule has 2 aliphatic rings. The molecule has 2 aromatic rings. The van der Waals surface area contributed by atoms with Crippen molar-refractivity contribution in [3.8, 4) is 17.0 Å². The van der Waals surface area contributed by atoms with Gasteiger partial charge < -0.3 is 37.3 Å². The molecule has 11 heteroatoms. The second-order valence-electron chi connectivity index (χ2n) is 9.27. The molecule has 0 unspecified atom stereocenters. The van der Waals surface area contributed by atoms with Crippen LogP contribution in [0.5, 0.6) is 5.75 Å². The smallest absolute Gasteiger partial charge is 0.228 e. The van der Waals surface area contributed by atoms with Gasteiger partial charge in [0.15, 0.2) is 5.75 Å². The number of nitrogens with zero attached hydrogens (tertiary/aromatic N) is 2. The molecule has 1 aromatic heterocycles. The number of hydrogen-bond donors (Lipinski definition) is 5. The Morgan fingerprint density at radius 3 is 2.50 bits per heavy atom. The molecule has 38 heavy (non-hydrogen) atoms. The maximum absolute atomic E-state index is 12.1. The summed E-state index contributed by atoms with van der Waals surface area (Å²) in [4.78, 5) is 20.6. The lowest BCUT2D eigenvalue weighted by Gasteiger charge is -2.24. The van der Waals surface area contributed by atoms with Crippen LogP contribution in [0, 0.1) is 5.92 Å². The predicted molar refractivity (Wildman–Crippen MR) is 147 cm³/mol. The summed E-state index contributed by atoms with van der Waals surface area (Å²) in [5.74, 6) is 0.901. The topological polar surface area (TPSA) is 173 Å². The number of methoxy groups -OCH3 is 1. The second-order valence-corrected chi connectivity index (χ2v) is 9.27. The van der Waals surface area contributed by atoms with Crippen LogP contribution in [-0.4, -0.2) is 42.4 Å². The normalized spacial score (nSPS) is 16.6. The molecule has 1 aromatic carbocycles. The van der Waals surface area contributed by atoms with Crippen LogP contribution in [0.1, 0.15) is 51.3 Å². The predicted octanol–water partition coefficient (Wildman–Crippen LogP) is 2.50. The van der Waals surface area contributed by atoms with Crippen molar-refractivity contribution < 1.29 is 19.1 Å². The Balaban J connectivity index is 0.00000127. The van der Waals surface area contributed by atoms with Gasteiger partial charge in [0, 0.05) is 42.2 Å². The number of amides is 2. The number of allylic oxidation sites excluding steroid dienone is 2. The number of aryl methyl sites for hydroxylation is 1. The van der Waals surface area contributed by atoms with Gasteiger partial charge in [-0.15, -0.1) is 0 Å². The molecule has 206 valence electrons. The van der Waals surface area contributed by atoms with Crippen molar-refractivity contribution in [2.75, 3.05) is 25.6 Å². The maximum atomic E-state index is 12.1. The second kappa shape index (κ2) is 13.5. The summed E-state index contributed by atoms with van der Waals surface area (Å²) in [6.45, 7) is 5.44. The number of nitrogens with one attached hydrogen (secondary N) is 2. The maximum Gasteiger partial charge on any atom is 0.228 e. The minimum Gasteiger partial charge on any atom is -0.494 e. The van der Waals surface area contributed by atoms with Gasteiger partial charge in [-0.25, -0.2) is 0 Å². The highest BCUT2D eigenvalue weighted by atomic mass is 16.5. The summed E-state index contributed by atoms with van der Waals surface area (Å²) in [5, 5.41) is 11.0. The molecule has 8 N–H and O–H groups in total. The van der Waals surface area contributed by atoms with Gasteiger partial charge in [-0.05, 0) is 57.2 Å². The van der Waals surface area contributed by atoms with Crippen LogP contribution in [0.15, 0.2) is 47.6 Å². The molecule has 1 aliphatic heterocycles. The molecule has 0 radical (unpaired) electrons. The quantitative estimate of drug-likeness (QED) is 0.245. The van der Waals surface area contributed by atoms with Crippen molar-refractivity contribution in [3.05, 3.63) is 53.3 Å². The molecule has 1 saturated heterocycles. The van der Waals surface area contributed by atoms with Gasteiger partial charge in [0.05, 0.1) is 30.2 Å². The van der Waals surface area contributed by atoms with E-state index < -0.39 is 0 Å². The summed E-state index contributed by atoms with van der Waals surface area (Å²) < 4.78 is 13.5.